The Morgan fingerprint density at radius 2 is 1.09 bits per heavy atom. The third-order valence-electron chi connectivity index (χ3n) is 19.5. The lowest BCUT2D eigenvalue weighted by Gasteiger charge is -2.16. The number of fused-ring (bicyclic) bond motifs is 7. The summed E-state index contributed by atoms with van der Waals surface area (Å²) < 4.78 is 89.1. The average Bonchev–Trinajstić information content (AvgIpc) is 1.63. The molecule has 5 aliphatic carbocycles. The second-order valence-corrected chi connectivity index (χ2v) is 31.6. The molecule has 0 amide bonds. The molecule has 562 valence electrons. The molecule has 0 spiro atoms. The summed E-state index contributed by atoms with van der Waals surface area (Å²) in [6, 6.07) is 42.6. The SMILES string of the molecule is CC(C)C1=CCc2ccc(=O)[nH]c21.CC(C)C1=CCc2ccc(F)cc21.CC(C)C1=CCc2ccc(O)cc21.CC(C)C1=CCc2ccccc21.CC(C)c1c[nH]c2ccc(NS(C)(=O)=O)cc12.CC(C)n1nc(C(F)(F)F)c2c1CCCC2.COc1cc2[nH]cc(C(C)C)c2cc1OCc1ccccc1. The summed E-state index contributed by atoms with van der Waals surface area (Å²) in [6.07, 6.45) is 17.0. The Labute approximate surface area is 624 Å². The largest absolute Gasteiger partial charge is 0.508 e. The monoisotopic (exact) mass is 1460 g/mol. The molecule has 0 fully saturated rings. The molecule has 0 saturated carbocycles. The van der Waals surface area contributed by atoms with Gasteiger partial charge in [0.1, 0.15) is 18.2 Å². The molecule has 0 saturated heterocycles. The highest BCUT2D eigenvalue weighted by molar-refractivity contribution is 7.92. The lowest BCUT2D eigenvalue weighted by atomic mass is 9.95. The zero-order valence-electron chi connectivity index (χ0n) is 64.4. The first-order chi connectivity index (χ1) is 50.3. The van der Waals surface area contributed by atoms with E-state index in [0.717, 1.165) is 102 Å². The van der Waals surface area contributed by atoms with Crippen molar-refractivity contribution in [3.05, 3.63) is 265 Å². The second-order valence-electron chi connectivity index (χ2n) is 29.9. The third kappa shape index (κ3) is 20.5. The van der Waals surface area contributed by atoms with Crippen molar-refractivity contribution in [1.82, 2.24) is 24.7 Å². The lowest BCUT2D eigenvalue weighted by Crippen LogP contribution is -2.11. The number of benzene rings is 6. The maximum atomic E-state index is 13.0. The fourth-order valence-electron chi connectivity index (χ4n) is 14.2. The number of hydrogen-bond donors (Lipinski definition) is 5. The number of nitrogens with one attached hydrogen (secondary N) is 4. The number of aromatic hydroxyl groups is 1. The van der Waals surface area contributed by atoms with Crippen LogP contribution >= 0.6 is 0 Å². The number of ether oxygens (including phenoxy) is 2. The van der Waals surface area contributed by atoms with Gasteiger partial charge in [-0.15, -0.1) is 0 Å². The molecular formula is C89H106F4N6O6S. The van der Waals surface area contributed by atoms with E-state index in [-0.39, 0.29) is 17.4 Å². The number of allylic oxidation sites excluding steroid dienone is 8. The van der Waals surface area contributed by atoms with Crippen molar-refractivity contribution in [1.29, 1.82) is 0 Å². The number of anilines is 1. The molecule has 5 aliphatic rings. The van der Waals surface area contributed by atoms with E-state index in [1.165, 1.54) is 82.9 Å². The highest BCUT2D eigenvalue weighted by Crippen LogP contribution is 2.41. The molecule has 6 aromatic carbocycles. The molecule has 4 heterocycles. The summed E-state index contributed by atoms with van der Waals surface area (Å²) in [4.78, 5) is 20.5. The number of nitrogens with zero attached hydrogens (tertiary/aromatic N) is 2. The number of hydrogen-bond acceptors (Lipinski definition) is 7. The van der Waals surface area contributed by atoms with Crippen molar-refractivity contribution in [3.63, 3.8) is 0 Å². The zero-order chi connectivity index (χ0) is 76.9. The van der Waals surface area contributed by atoms with Gasteiger partial charge in [0.2, 0.25) is 15.6 Å². The molecule has 4 aromatic heterocycles. The number of methoxy groups -OCH3 is 1. The number of pyridine rings is 1. The van der Waals surface area contributed by atoms with E-state index >= 15 is 0 Å². The van der Waals surface area contributed by atoms with Crippen LogP contribution in [0.5, 0.6) is 17.2 Å². The quantitative estimate of drug-likeness (QED) is 0.0716. The van der Waals surface area contributed by atoms with Gasteiger partial charge in [0.05, 0.1) is 13.4 Å². The van der Waals surface area contributed by atoms with Crippen molar-refractivity contribution in [2.75, 3.05) is 18.1 Å². The second kappa shape index (κ2) is 35.7. The van der Waals surface area contributed by atoms with Crippen LogP contribution in [-0.4, -0.2) is 51.6 Å². The van der Waals surface area contributed by atoms with Gasteiger partial charge >= 0.3 is 6.18 Å². The van der Waals surface area contributed by atoms with Gasteiger partial charge in [0.25, 0.3) is 0 Å². The maximum Gasteiger partial charge on any atom is 0.435 e. The Bertz CT molecular complexity index is 4910. The van der Waals surface area contributed by atoms with E-state index in [2.05, 4.69) is 181 Å². The molecule has 17 heteroatoms. The van der Waals surface area contributed by atoms with E-state index in [1.54, 1.807) is 31.4 Å². The minimum atomic E-state index is -4.32. The van der Waals surface area contributed by atoms with Crippen LogP contribution in [0.2, 0.25) is 0 Å². The smallest absolute Gasteiger partial charge is 0.435 e. The first kappa shape index (κ1) is 80.5. The number of alkyl halides is 3. The third-order valence-corrected chi connectivity index (χ3v) is 20.1. The topological polar surface area (TPSA) is 167 Å². The Hall–Kier alpha value is -9.61. The highest BCUT2D eigenvalue weighted by Gasteiger charge is 2.40. The number of rotatable bonds is 13. The number of aromatic amines is 3. The van der Waals surface area contributed by atoms with E-state index < -0.39 is 21.9 Å². The predicted octanol–water partition coefficient (Wildman–Crippen LogP) is 22.6. The molecule has 0 aliphatic heterocycles. The highest BCUT2D eigenvalue weighted by atomic mass is 32.2. The van der Waals surface area contributed by atoms with Crippen LogP contribution in [0.25, 0.3) is 44.1 Å². The van der Waals surface area contributed by atoms with Crippen LogP contribution in [0, 0.1) is 29.5 Å². The van der Waals surface area contributed by atoms with Crippen LogP contribution in [0.1, 0.15) is 206 Å². The molecule has 106 heavy (non-hydrogen) atoms. The van der Waals surface area contributed by atoms with Gasteiger partial charge < -0.3 is 29.5 Å². The summed E-state index contributed by atoms with van der Waals surface area (Å²) in [6.45, 7) is 30.3. The van der Waals surface area contributed by atoms with Crippen molar-refractivity contribution in [2.24, 2.45) is 23.7 Å². The van der Waals surface area contributed by atoms with Crippen LogP contribution < -0.4 is 19.8 Å². The summed E-state index contributed by atoms with van der Waals surface area (Å²) in [5.41, 5.74) is 22.5. The Balaban J connectivity index is 0.000000144. The van der Waals surface area contributed by atoms with Crippen molar-refractivity contribution >= 4 is 59.8 Å². The van der Waals surface area contributed by atoms with Gasteiger partial charge in [0, 0.05) is 75.0 Å². The van der Waals surface area contributed by atoms with E-state index in [9.17, 15) is 35.9 Å². The molecule has 0 radical (unpaired) electrons. The molecule has 12 nitrogen and oxygen atoms in total. The number of halogens is 4. The van der Waals surface area contributed by atoms with Gasteiger partial charge in [-0.2, -0.15) is 18.3 Å². The van der Waals surface area contributed by atoms with Gasteiger partial charge in [-0.1, -0.05) is 180 Å². The van der Waals surface area contributed by atoms with Crippen molar-refractivity contribution < 1.29 is 40.6 Å². The van der Waals surface area contributed by atoms with E-state index in [0.29, 0.717) is 65.5 Å². The van der Waals surface area contributed by atoms with Crippen molar-refractivity contribution in [2.45, 2.75) is 179 Å². The molecule has 5 N–H and O–H groups in total. The lowest BCUT2D eigenvalue weighted by molar-refractivity contribution is -0.142. The molecule has 15 rings (SSSR count). The van der Waals surface area contributed by atoms with Gasteiger partial charge in [-0.3, -0.25) is 14.2 Å². The van der Waals surface area contributed by atoms with Crippen LogP contribution in [0.4, 0.5) is 23.2 Å². The number of phenolic OH excluding ortho intramolecular Hbond substituents is 1. The standard InChI is InChI=1S/C19H21NO2.C12H13F.C12H16N2O2S.C12H14O.C12H14.C11H15F3N2.C11H13NO/c1-13(2)16-11-20-17-10-18(21-3)19(9-15(16)17)22-12-14-7-5-4-6-8-14;1-8(2)11-6-4-9-3-5-10(13)7-12(9)11;1-8(2)11-7-13-12-5-4-9(6-10(11)12)14-17(3,15)16;1-8(2)11-6-4-9-3-5-10(13)7-12(9)11;1-9(2)11-8-7-10-5-3-4-6-12(10)11;1-7(2)16-9-6-4-3-5-8(9)10(15-16)11(12,13)14;1-7(2)9-5-3-8-4-6-10(13)12-11(8)9/h4-11,13,20H,12H2,1-3H3;3,5-8H,4H2,1-2H3;4-8,13-14H,1-3H3;3,5-8,13H,4H2,1-2H3;3-6,8-9H,7H2,1-2H3;7H,3-6H2,1-2H3;4-7H,3H2,1-2H3,(H,12,13). The Morgan fingerprint density at radius 3 is 1.68 bits per heavy atom. The first-order valence-electron chi connectivity index (χ1n) is 37.1. The molecule has 0 unspecified atom stereocenters. The Kier molecular flexibility index (Phi) is 27.1. The molecule has 0 atom stereocenters. The summed E-state index contributed by atoms with van der Waals surface area (Å²) in [5.74, 6) is 4.81. The zero-order valence-corrected chi connectivity index (χ0v) is 65.2. The number of sulfonamides is 1. The van der Waals surface area contributed by atoms with Crippen LogP contribution in [0.15, 0.2) is 175 Å². The van der Waals surface area contributed by atoms with Gasteiger partial charge in [0.15, 0.2) is 17.2 Å². The summed E-state index contributed by atoms with van der Waals surface area (Å²) in [5, 5.41) is 15.4. The van der Waals surface area contributed by atoms with E-state index in [1.807, 2.05) is 80.7 Å². The Morgan fingerprint density at radius 1 is 0.566 bits per heavy atom. The summed E-state index contributed by atoms with van der Waals surface area (Å²) >= 11 is 0. The molecule has 10 aromatic rings. The summed E-state index contributed by atoms with van der Waals surface area (Å²) in [7, 11) is -1.55. The number of H-pyrrole nitrogens is 3. The maximum absolute atomic E-state index is 13.0. The minimum absolute atomic E-state index is 0.00722. The fraction of sp³-hybridized carbons (Fsp3) is 0.371. The number of phenols is 1. The molecule has 0 bridgehead atoms. The normalized spacial score (nSPS) is 13.8. The first-order valence-corrected chi connectivity index (χ1v) is 39.0. The molecular weight excluding hydrogens is 1360 g/mol. The van der Waals surface area contributed by atoms with Crippen LogP contribution in [-0.2, 0) is 61.3 Å². The van der Waals surface area contributed by atoms with Gasteiger partial charge in [-0.25, -0.2) is 12.8 Å². The minimum Gasteiger partial charge on any atom is -0.508 e. The fourth-order valence-corrected chi connectivity index (χ4v) is 14.8. The van der Waals surface area contributed by atoms with Gasteiger partial charge in [-0.05, 0) is 227 Å². The predicted molar refractivity (Wildman–Crippen MR) is 429 cm³/mol. The average molecular weight is 1460 g/mol. The van der Waals surface area contributed by atoms with Crippen molar-refractivity contribution in [3.8, 4) is 17.2 Å². The van der Waals surface area contributed by atoms with Crippen LogP contribution in [0.3, 0.4) is 0 Å². The number of aromatic nitrogens is 5. The van der Waals surface area contributed by atoms with E-state index in [4.69, 9.17) is 9.47 Å².